The van der Waals surface area contributed by atoms with E-state index in [0.717, 1.165) is 29.1 Å². The molecule has 4 heteroatoms. The number of carbonyl (C=O) groups is 1. The average molecular weight is 393 g/mol. The van der Waals surface area contributed by atoms with E-state index in [4.69, 9.17) is 4.99 Å². The van der Waals surface area contributed by atoms with E-state index in [1.165, 1.54) is 48.1 Å². The van der Waals surface area contributed by atoms with Gasteiger partial charge < -0.3 is 5.32 Å². The van der Waals surface area contributed by atoms with Crippen molar-refractivity contribution in [3.05, 3.63) is 53.1 Å². The van der Waals surface area contributed by atoms with Crippen molar-refractivity contribution < 1.29 is 4.79 Å². The number of amides is 1. The van der Waals surface area contributed by atoms with Gasteiger partial charge in [-0.15, -0.1) is 0 Å². The first-order valence-corrected chi connectivity index (χ1v) is 11.2. The molecule has 1 fully saturated rings. The Morgan fingerprint density at radius 3 is 2.46 bits per heavy atom. The number of aliphatic imine (C=N–C) groups is 1. The van der Waals surface area contributed by atoms with Crippen molar-refractivity contribution in [3.8, 4) is 0 Å². The molecule has 0 aromatic heterocycles. The number of nitrogens with one attached hydrogen (secondary N) is 1. The zero-order chi connectivity index (χ0) is 19.5. The van der Waals surface area contributed by atoms with Crippen LogP contribution in [0.2, 0.25) is 0 Å². The first-order chi connectivity index (χ1) is 13.6. The zero-order valence-electron chi connectivity index (χ0n) is 16.8. The molecule has 1 saturated carbocycles. The molecule has 1 N–H and O–H groups in total. The number of hydrogen-bond donors (Lipinski definition) is 1. The number of fused-ring (bicyclic) bond motifs is 2. The number of aryl methyl sites for hydroxylation is 1. The van der Waals surface area contributed by atoms with Gasteiger partial charge in [-0.25, -0.2) is 0 Å². The van der Waals surface area contributed by atoms with Crippen LogP contribution >= 0.6 is 11.8 Å². The Morgan fingerprint density at radius 2 is 1.68 bits per heavy atom. The van der Waals surface area contributed by atoms with E-state index in [-0.39, 0.29) is 5.91 Å². The molecule has 146 valence electrons. The monoisotopic (exact) mass is 392 g/mol. The molecular formula is C24H28N2OS. The smallest absolute Gasteiger partial charge is 0.251 e. The Bertz CT molecular complexity index is 911. The van der Waals surface area contributed by atoms with Crippen molar-refractivity contribution in [3.63, 3.8) is 0 Å². The third-order valence-electron chi connectivity index (χ3n) is 5.69. The summed E-state index contributed by atoms with van der Waals surface area (Å²) < 4.78 is 0. The predicted octanol–water partition coefficient (Wildman–Crippen LogP) is 6.44. The Balaban J connectivity index is 1.56. The van der Waals surface area contributed by atoms with Crippen LogP contribution in [0, 0.1) is 6.92 Å². The van der Waals surface area contributed by atoms with Crippen LogP contribution < -0.4 is 5.32 Å². The van der Waals surface area contributed by atoms with Crippen LogP contribution in [-0.2, 0) is 0 Å². The Morgan fingerprint density at radius 1 is 0.964 bits per heavy atom. The maximum Gasteiger partial charge on any atom is 0.251 e. The molecule has 0 spiro atoms. The molecule has 1 aliphatic heterocycles. The topological polar surface area (TPSA) is 41.5 Å². The number of benzene rings is 2. The normalized spacial score (nSPS) is 17.4. The summed E-state index contributed by atoms with van der Waals surface area (Å²) in [5.41, 5.74) is 5.02. The highest BCUT2D eigenvalue weighted by Crippen LogP contribution is 2.41. The third-order valence-corrected chi connectivity index (χ3v) is 6.84. The SMILES string of the molecule is CC1=Nc2cc(C(=O)NC3CCCCCCC3)ccc2Sc2ccc(C)cc21. The van der Waals surface area contributed by atoms with Crippen LogP contribution in [0.25, 0.3) is 0 Å². The minimum absolute atomic E-state index is 0.0313. The van der Waals surface area contributed by atoms with Gasteiger partial charge in [0.15, 0.2) is 0 Å². The van der Waals surface area contributed by atoms with Crippen molar-refractivity contribution >= 4 is 29.1 Å². The molecule has 3 nitrogen and oxygen atoms in total. The van der Waals surface area contributed by atoms with Crippen LogP contribution in [0.4, 0.5) is 5.69 Å². The second-order valence-corrected chi connectivity index (χ2v) is 9.08. The summed E-state index contributed by atoms with van der Waals surface area (Å²) >= 11 is 1.73. The molecule has 0 atom stereocenters. The molecule has 1 aliphatic carbocycles. The van der Waals surface area contributed by atoms with Gasteiger partial charge in [0.25, 0.3) is 5.91 Å². The number of rotatable bonds is 2. The molecule has 2 aromatic carbocycles. The van der Waals surface area contributed by atoms with Gasteiger partial charge >= 0.3 is 0 Å². The first-order valence-electron chi connectivity index (χ1n) is 10.4. The van der Waals surface area contributed by atoms with Crippen molar-refractivity contribution in [1.82, 2.24) is 5.32 Å². The summed E-state index contributed by atoms with van der Waals surface area (Å²) in [7, 11) is 0. The fraction of sp³-hybridized carbons (Fsp3) is 0.417. The summed E-state index contributed by atoms with van der Waals surface area (Å²) in [5.74, 6) is 0.0313. The van der Waals surface area contributed by atoms with Crippen molar-refractivity contribution in [1.29, 1.82) is 0 Å². The molecule has 4 rings (SSSR count). The van der Waals surface area contributed by atoms with E-state index in [1.54, 1.807) is 11.8 Å². The lowest BCUT2D eigenvalue weighted by atomic mass is 9.96. The lowest BCUT2D eigenvalue weighted by Gasteiger charge is -2.21. The standard InChI is InChI=1S/C24H28N2OS/c1-16-10-12-22-20(14-16)17(2)25-21-15-18(11-13-23(21)28-22)24(27)26-19-8-6-4-3-5-7-9-19/h10-15,19H,3-9H2,1-2H3,(H,26,27). The van der Waals surface area contributed by atoms with Crippen molar-refractivity contribution in [2.75, 3.05) is 0 Å². The summed E-state index contributed by atoms with van der Waals surface area (Å²) in [6.07, 6.45) is 8.53. The molecule has 28 heavy (non-hydrogen) atoms. The maximum absolute atomic E-state index is 12.9. The van der Waals surface area contributed by atoms with E-state index in [2.05, 4.69) is 37.4 Å². The van der Waals surface area contributed by atoms with Crippen molar-refractivity contribution in [2.45, 2.75) is 74.6 Å². The Hall–Kier alpha value is -2.07. The molecule has 0 bridgehead atoms. The molecule has 0 radical (unpaired) electrons. The van der Waals surface area contributed by atoms with Crippen LogP contribution in [0.5, 0.6) is 0 Å². The molecule has 1 heterocycles. The highest BCUT2D eigenvalue weighted by molar-refractivity contribution is 7.99. The van der Waals surface area contributed by atoms with Crippen LogP contribution in [0.1, 0.15) is 73.4 Å². The van der Waals surface area contributed by atoms with Gasteiger partial charge in [0.05, 0.1) is 5.69 Å². The lowest BCUT2D eigenvalue weighted by Crippen LogP contribution is -2.35. The zero-order valence-corrected chi connectivity index (χ0v) is 17.6. The number of nitrogens with zero attached hydrogens (tertiary/aromatic N) is 1. The Labute approximate surface area is 172 Å². The fourth-order valence-electron chi connectivity index (χ4n) is 4.08. The number of hydrogen-bond acceptors (Lipinski definition) is 3. The van der Waals surface area contributed by atoms with E-state index < -0.39 is 0 Å². The largest absolute Gasteiger partial charge is 0.349 e. The molecule has 0 unspecified atom stereocenters. The van der Waals surface area contributed by atoms with Gasteiger partial charge in [0, 0.05) is 32.7 Å². The number of carbonyl (C=O) groups excluding carboxylic acids is 1. The highest BCUT2D eigenvalue weighted by Gasteiger charge is 2.19. The summed E-state index contributed by atoms with van der Waals surface area (Å²) in [6.45, 7) is 4.16. The molecule has 2 aromatic rings. The minimum Gasteiger partial charge on any atom is -0.349 e. The average Bonchev–Trinajstić information content (AvgIpc) is 2.79. The van der Waals surface area contributed by atoms with Gasteiger partial charge in [-0.05, 0) is 57.0 Å². The van der Waals surface area contributed by atoms with Crippen LogP contribution in [-0.4, -0.2) is 17.7 Å². The highest BCUT2D eigenvalue weighted by atomic mass is 32.2. The van der Waals surface area contributed by atoms with Crippen LogP contribution in [0.15, 0.2) is 51.2 Å². The van der Waals surface area contributed by atoms with Gasteiger partial charge in [0.2, 0.25) is 0 Å². The molecule has 0 saturated heterocycles. The fourth-order valence-corrected chi connectivity index (χ4v) is 5.11. The predicted molar refractivity (Wildman–Crippen MR) is 117 cm³/mol. The van der Waals surface area contributed by atoms with Gasteiger partial charge in [-0.2, -0.15) is 0 Å². The van der Waals surface area contributed by atoms with Crippen molar-refractivity contribution in [2.24, 2.45) is 4.99 Å². The molecule has 1 amide bonds. The minimum atomic E-state index is 0.0313. The third kappa shape index (κ3) is 4.33. The summed E-state index contributed by atoms with van der Waals surface area (Å²) in [5, 5.41) is 3.27. The maximum atomic E-state index is 12.9. The lowest BCUT2D eigenvalue weighted by molar-refractivity contribution is 0.0930. The van der Waals surface area contributed by atoms with Gasteiger partial charge in [0.1, 0.15) is 0 Å². The van der Waals surface area contributed by atoms with Gasteiger partial charge in [-0.1, -0.05) is 55.5 Å². The first kappa shape index (κ1) is 19.3. The molecule has 2 aliphatic rings. The Kier molecular flexibility index (Phi) is 5.86. The second kappa shape index (κ2) is 8.52. The van der Waals surface area contributed by atoms with E-state index in [9.17, 15) is 4.79 Å². The summed E-state index contributed by atoms with van der Waals surface area (Å²) in [6, 6.07) is 12.7. The van der Waals surface area contributed by atoms with E-state index in [1.807, 2.05) is 18.2 Å². The second-order valence-electron chi connectivity index (χ2n) is 8.00. The quantitative estimate of drug-likeness (QED) is 0.638. The van der Waals surface area contributed by atoms with E-state index >= 15 is 0 Å². The van der Waals surface area contributed by atoms with Crippen LogP contribution in [0.3, 0.4) is 0 Å². The van der Waals surface area contributed by atoms with Gasteiger partial charge in [-0.3, -0.25) is 9.79 Å². The summed E-state index contributed by atoms with van der Waals surface area (Å²) in [4.78, 5) is 20.0. The molecular weight excluding hydrogens is 364 g/mol. The van der Waals surface area contributed by atoms with E-state index in [0.29, 0.717) is 11.6 Å².